The van der Waals surface area contributed by atoms with Crippen molar-refractivity contribution in [3.8, 4) is 12.3 Å². The first-order valence-corrected chi connectivity index (χ1v) is 5.13. The molecule has 0 aromatic carbocycles. The number of nitrogens with two attached hydrogens (primary N) is 1. The standard InChI is InChI=1S/C11H20N2O2/c1-4-6-13(7-5-2)11(14)8-10(9-12)15-3/h1,10H,5-9,12H2,2-3H3. The van der Waals surface area contributed by atoms with Crippen molar-refractivity contribution in [3.05, 3.63) is 0 Å². The first-order chi connectivity index (χ1) is 7.19. The zero-order chi connectivity index (χ0) is 11.7. The summed E-state index contributed by atoms with van der Waals surface area (Å²) in [5, 5.41) is 0. The number of ether oxygens (including phenoxy) is 1. The Morgan fingerprint density at radius 3 is 2.73 bits per heavy atom. The Labute approximate surface area is 91.8 Å². The predicted molar refractivity (Wildman–Crippen MR) is 60.2 cm³/mol. The van der Waals surface area contributed by atoms with Crippen LogP contribution in [0.25, 0.3) is 0 Å². The second-order valence-corrected chi connectivity index (χ2v) is 3.32. The van der Waals surface area contributed by atoms with Gasteiger partial charge in [0.25, 0.3) is 0 Å². The van der Waals surface area contributed by atoms with Gasteiger partial charge in [0, 0.05) is 20.2 Å². The van der Waals surface area contributed by atoms with E-state index >= 15 is 0 Å². The minimum atomic E-state index is -0.213. The van der Waals surface area contributed by atoms with Crippen LogP contribution in [0.3, 0.4) is 0 Å². The summed E-state index contributed by atoms with van der Waals surface area (Å²) in [5.74, 6) is 2.48. The van der Waals surface area contributed by atoms with Crippen LogP contribution in [-0.2, 0) is 9.53 Å². The fraction of sp³-hybridized carbons (Fsp3) is 0.727. The van der Waals surface area contributed by atoms with Gasteiger partial charge in [-0.15, -0.1) is 6.42 Å². The van der Waals surface area contributed by atoms with Crippen LogP contribution in [0.15, 0.2) is 0 Å². The SMILES string of the molecule is C#CCN(CCC)C(=O)CC(CN)OC. The van der Waals surface area contributed by atoms with Crippen molar-refractivity contribution in [2.75, 3.05) is 26.7 Å². The lowest BCUT2D eigenvalue weighted by atomic mass is 10.2. The molecule has 2 N–H and O–H groups in total. The largest absolute Gasteiger partial charge is 0.380 e. The minimum absolute atomic E-state index is 0.00657. The van der Waals surface area contributed by atoms with Crippen LogP contribution in [0.5, 0.6) is 0 Å². The molecule has 0 rings (SSSR count). The third-order valence-electron chi connectivity index (χ3n) is 2.13. The smallest absolute Gasteiger partial charge is 0.226 e. The van der Waals surface area contributed by atoms with Gasteiger partial charge in [-0.2, -0.15) is 0 Å². The molecule has 0 radical (unpaired) electrons. The Bertz CT molecular complexity index is 219. The number of terminal acetylenes is 1. The third kappa shape index (κ3) is 5.40. The topological polar surface area (TPSA) is 55.6 Å². The van der Waals surface area contributed by atoms with Gasteiger partial charge in [-0.05, 0) is 6.42 Å². The highest BCUT2D eigenvalue weighted by Gasteiger charge is 2.16. The molecule has 1 amide bonds. The summed E-state index contributed by atoms with van der Waals surface area (Å²) >= 11 is 0. The molecule has 0 saturated carbocycles. The van der Waals surface area contributed by atoms with Gasteiger partial charge in [0.15, 0.2) is 0 Å². The molecule has 0 bridgehead atoms. The number of methoxy groups -OCH3 is 1. The first kappa shape index (κ1) is 13.9. The van der Waals surface area contributed by atoms with E-state index in [0.717, 1.165) is 6.42 Å². The summed E-state index contributed by atoms with van der Waals surface area (Å²) in [6.45, 7) is 3.39. The summed E-state index contributed by atoms with van der Waals surface area (Å²) in [4.78, 5) is 13.4. The molecule has 0 saturated heterocycles. The Morgan fingerprint density at radius 2 is 2.33 bits per heavy atom. The second kappa shape index (κ2) is 8.27. The summed E-state index contributed by atoms with van der Waals surface area (Å²) in [7, 11) is 1.55. The van der Waals surface area contributed by atoms with Gasteiger partial charge in [-0.3, -0.25) is 4.79 Å². The summed E-state index contributed by atoms with van der Waals surface area (Å²) in [5.41, 5.74) is 5.44. The minimum Gasteiger partial charge on any atom is -0.380 e. The van der Waals surface area contributed by atoms with E-state index < -0.39 is 0 Å². The quantitative estimate of drug-likeness (QED) is 0.614. The zero-order valence-electron chi connectivity index (χ0n) is 9.53. The maximum Gasteiger partial charge on any atom is 0.226 e. The lowest BCUT2D eigenvalue weighted by molar-refractivity contribution is -0.133. The molecule has 15 heavy (non-hydrogen) atoms. The second-order valence-electron chi connectivity index (χ2n) is 3.32. The molecule has 0 aromatic rings. The molecule has 0 fully saturated rings. The molecular formula is C11H20N2O2. The van der Waals surface area contributed by atoms with Gasteiger partial charge in [0.05, 0.1) is 19.1 Å². The monoisotopic (exact) mass is 212 g/mol. The van der Waals surface area contributed by atoms with Crippen molar-refractivity contribution in [3.63, 3.8) is 0 Å². The summed E-state index contributed by atoms with van der Waals surface area (Å²) in [6.07, 6.45) is 6.18. The van der Waals surface area contributed by atoms with Crippen molar-refractivity contribution < 1.29 is 9.53 Å². The Kier molecular flexibility index (Phi) is 7.69. The molecule has 0 aliphatic heterocycles. The molecule has 1 unspecified atom stereocenters. The van der Waals surface area contributed by atoms with Crippen LogP contribution in [0.4, 0.5) is 0 Å². The number of nitrogens with zero attached hydrogens (tertiary/aromatic N) is 1. The van der Waals surface area contributed by atoms with Crippen LogP contribution >= 0.6 is 0 Å². The Morgan fingerprint density at radius 1 is 1.67 bits per heavy atom. The van der Waals surface area contributed by atoms with E-state index in [1.165, 1.54) is 0 Å². The highest BCUT2D eigenvalue weighted by atomic mass is 16.5. The van der Waals surface area contributed by atoms with E-state index in [0.29, 0.717) is 26.1 Å². The van der Waals surface area contributed by atoms with Gasteiger partial charge in [-0.1, -0.05) is 12.8 Å². The third-order valence-corrected chi connectivity index (χ3v) is 2.13. The lowest BCUT2D eigenvalue weighted by Crippen LogP contribution is -2.36. The maximum absolute atomic E-state index is 11.7. The van der Waals surface area contributed by atoms with Gasteiger partial charge in [0.2, 0.25) is 5.91 Å². The zero-order valence-corrected chi connectivity index (χ0v) is 9.53. The van der Waals surface area contributed by atoms with Crippen LogP contribution in [0.1, 0.15) is 19.8 Å². The maximum atomic E-state index is 11.7. The van der Waals surface area contributed by atoms with Crippen molar-refractivity contribution in [1.82, 2.24) is 4.90 Å². The number of rotatable bonds is 7. The summed E-state index contributed by atoms with van der Waals surface area (Å²) in [6, 6.07) is 0. The molecule has 4 nitrogen and oxygen atoms in total. The first-order valence-electron chi connectivity index (χ1n) is 5.13. The molecule has 86 valence electrons. The van der Waals surface area contributed by atoms with E-state index in [-0.39, 0.29) is 12.0 Å². The van der Waals surface area contributed by atoms with Crippen LogP contribution < -0.4 is 5.73 Å². The fourth-order valence-corrected chi connectivity index (χ4v) is 1.26. The number of carbonyl (C=O) groups excluding carboxylic acids is 1. The van der Waals surface area contributed by atoms with E-state index in [9.17, 15) is 4.79 Å². The van der Waals surface area contributed by atoms with Crippen LogP contribution in [0.2, 0.25) is 0 Å². The lowest BCUT2D eigenvalue weighted by Gasteiger charge is -2.21. The fourth-order valence-electron chi connectivity index (χ4n) is 1.26. The van der Waals surface area contributed by atoms with Gasteiger partial charge in [-0.25, -0.2) is 0 Å². The van der Waals surface area contributed by atoms with Crippen molar-refractivity contribution in [1.29, 1.82) is 0 Å². The molecule has 4 heteroatoms. The molecule has 0 spiro atoms. The van der Waals surface area contributed by atoms with E-state index in [2.05, 4.69) is 5.92 Å². The number of hydrogen-bond acceptors (Lipinski definition) is 3. The molecule has 0 heterocycles. The Hall–Kier alpha value is -1.05. The Balaban J connectivity index is 4.18. The highest BCUT2D eigenvalue weighted by Crippen LogP contribution is 2.01. The average molecular weight is 212 g/mol. The number of hydrogen-bond donors (Lipinski definition) is 1. The number of amides is 1. The number of carbonyl (C=O) groups is 1. The molecule has 0 aliphatic rings. The van der Waals surface area contributed by atoms with Crippen LogP contribution in [-0.4, -0.2) is 43.7 Å². The molecule has 1 atom stereocenters. The summed E-state index contributed by atoms with van der Waals surface area (Å²) < 4.78 is 5.05. The molecule has 0 aromatic heterocycles. The van der Waals surface area contributed by atoms with Crippen molar-refractivity contribution in [2.24, 2.45) is 5.73 Å². The van der Waals surface area contributed by atoms with E-state index in [4.69, 9.17) is 16.9 Å². The van der Waals surface area contributed by atoms with Gasteiger partial charge < -0.3 is 15.4 Å². The van der Waals surface area contributed by atoms with Crippen molar-refractivity contribution >= 4 is 5.91 Å². The van der Waals surface area contributed by atoms with Gasteiger partial charge >= 0.3 is 0 Å². The van der Waals surface area contributed by atoms with Gasteiger partial charge in [0.1, 0.15) is 0 Å². The molecule has 0 aliphatic carbocycles. The molecular weight excluding hydrogens is 192 g/mol. The van der Waals surface area contributed by atoms with E-state index in [1.807, 2.05) is 6.92 Å². The van der Waals surface area contributed by atoms with Crippen molar-refractivity contribution in [2.45, 2.75) is 25.9 Å². The normalized spacial score (nSPS) is 11.9. The highest BCUT2D eigenvalue weighted by molar-refractivity contribution is 5.77. The van der Waals surface area contributed by atoms with E-state index in [1.54, 1.807) is 12.0 Å². The predicted octanol–water partition coefficient (Wildman–Crippen LogP) is 0.222. The van der Waals surface area contributed by atoms with Crippen LogP contribution in [0, 0.1) is 12.3 Å². The average Bonchev–Trinajstić information content (AvgIpc) is 2.25.